The fourth-order valence-corrected chi connectivity index (χ4v) is 2.16. The molecule has 0 bridgehead atoms. The Morgan fingerprint density at radius 1 is 1.30 bits per heavy atom. The Balaban J connectivity index is 2.30. The highest BCUT2D eigenvalue weighted by molar-refractivity contribution is 5.35. The van der Waals surface area contributed by atoms with Crippen LogP contribution in [0, 0.1) is 13.8 Å². The number of nitrogens with zero attached hydrogens (tertiary/aromatic N) is 1. The third-order valence-corrected chi connectivity index (χ3v) is 3.10. The second kappa shape index (κ2) is 8.25. The molecule has 1 aromatic carbocycles. The molecule has 0 heterocycles. The second-order valence-corrected chi connectivity index (χ2v) is 5.81. The molecule has 0 aromatic heterocycles. The van der Waals surface area contributed by atoms with Gasteiger partial charge >= 0.3 is 0 Å². The lowest BCUT2D eigenvalue weighted by Crippen LogP contribution is -2.41. The van der Waals surface area contributed by atoms with Crippen LogP contribution in [0.5, 0.6) is 5.75 Å². The number of ether oxygens (including phenoxy) is 1. The van der Waals surface area contributed by atoms with Gasteiger partial charge in [0.25, 0.3) is 0 Å². The SMILES string of the molecule is Cc1ccc(OCC(O)CNC(C)CN(C)C)c(C)c1. The summed E-state index contributed by atoms with van der Waals surface area (Å²) in [5.41, 5.74) is 2.32. The zero-order chi connectivity index (χ0) is 15.1. The van der Waals surface area contributed by atoms with Gasteiger partial charge < -0.3 is 20.1 Å². The van der Waals surface area contributed by atoms with Crippen molar-refractivity contribution in [1.29, 1.82) is 0 Å². The minimum absolute atomic E-state index is 0.311. The molecule has 2 unspecified atom stereocenters. The van der Waals surface area contributed by atoms with E-state index in [0.29, 0.717) is 19.2 Å². The summed E-state index contributed by atoms with van der Waals surface area (Å²) in [4.78, 5) is 2.12. The van der Waals surface area contributed by atoms with Gasteiger partial charge in [-0.25, -0.2) is 0 Å². The summed E-state index contributed by atoms with van der Waals surface area (Å²) < 4.78 is 5.67. The van der Waals surface area contributed by atoms with Crippen molar-refractivity contribution in [1.82, 2.24) is 10.2 Å². The molecule has 114 valence electrons. The summed E-state index contributed by atoms with van der Waals surface area (Å²) >= 11 is 0. The molecule has 4 nitrogen and oxygen atoms in total. The quantitative estimate of drug-likeness (QED) is 0.759. The lowest BCUT2D eigenvalue weighted by atomic mass is 10.1. The summed E-state index contributed by atoms with van der Waals surface area (Å²) in [6.45, 7) is 7.99. The van der Waals surface area contributed by atoms with E-state index in [9.17, 15) is 5.11 Å². The monoisotopic (exact) mass is 280 g/mol. The van der Waals surface area contributed by atoms with Crippen LogP contribution in [0.3, 0.4) is 0 Å². The predicted octanol–water partition coefficient (Wildman–Crippen LogP) is 1.58. The van der Waals surface area contributed by atoms with Crippen LogP contribution in [-0.4, -0.2) is 55.9 Å². The number of hydrogen-bond donors (Lipinski definition) is 2. The van der Waals surface area contributed by atoms with Gasteiger partial charge in [-0.05, 0) is 46.5 Å². The van der Waals surface area contributed by atoms with E-state index in [4.69, 9.17) is 4.74 Å². The number of rotatable bonds is 8. The number of benzene rings is 1. The zero-order valence-electron chi connectivity index (χ0n) is 13.3. The van der Waals surface area contributed by atoms with Gasteiger partial charge in [-0.2, -0.15) is 0 Å². The van der Waals surface area contributed by atoms with Crippen molar-refractivity contribution in [3.05, 3.63) is 29.3 Å². The van der Waals surface area contributed by atoms with Crippen LogP contribution in [0.1, 0.15) is 18.1 Å². The van der Waals surface area contributed by atoms with Gasteiger partial charge in [-0.3, -0.25) is 0 Å². The highest BCUT2D eigenvalue weighted by Gasteiger charge is 2.09. The van der Waals surface area contributed by atoms with E-state index < -0.39 is 6.10 Å². The molecule has 2 atom stereocenters. The van der Waals surface area contributed by atoms with E-state index in [1.807, 2.05) is 33.2 Å². The molecule has 0 saturated carbocycles. The van der Waals surface area contributed by atoms with E-state index in [0.717, 1.165) is 17.9 Å². The van der Waals surface area contributed by atoms with Crippen LogP contribution in [0.4, 0.5) is 0 Å². The molecule has 0 fully saturated rings. The maximum Gasteiger partial charge on any atom is 0.122 e. The second-order valence-electron chi connectivity index (χ2n) is 5.81. The van der Waals surface area contributed by atoms with Gasteiger partial charge in [-0.15, -0.1) is 0 Å². The van der Waals surface area contributed by atoms with Crippen molar-refractivity contribution in [2.24, 2.45) is 0 Å². The number of aliphatic hydroxyl groups excluding tert-OH is 1. The Morgan fingerprint density at radius 2 is 2.00 bits per heavy atom. The van der Waals surface area contributed by atoms with Crippen LogP contribution in [0.25, 0.3) is 0 Å². The minimum atomic E-state index is -0.500. The molecule has 0 amide bonds. The Labute approximate surface area is 122 Å². The van der Waals surface area contributed by atoms with Crippen molar-refractivity contribution in [3.63, 3.8) is 0 Å². The number of aliphatic hydroxyl groups is 1. The molecule has 0 spiro atoms. The molecule has 1 aromatic rings. The van der Waals surface area contributed by atoms with Crippen LogP contribution < -0.4 is 10.1 Å². The zero-order valence-corrected chi connectivity index (χ0v) is 13.3. The van der Waals surface area contributed by atoms with Crippen molar-refractivity contribution in [2.45, 2.75) is 32.9 Å². The third kappa shape index (κ3) is 6.37. The van der Waals surface area contributed by atoms with Gasteiger partial charge in [0.2, 0.25) is 0 Å². The first-order valence-electron chi connectivity index (χ1n) is 7.14. The fraction of sp³-hybridized carbons (Fsp3) is 0.625. The lowest BCUT2D eigenvalue weighted by molar-refractivity contribution is 0.102. The molecule has 0 aliphatic rings. The van der Waals surface area contributed by atoms with Crippen LogP contribution in [0.15, 0.2) is 18.2 Å². The Bertz CT molecular complexity index is 407. The van der Waals surface area contributed by atoms with E-state index >= 15 is 0 Å². The average Bonchev–Trinajstić information content (AvgIpc) is 2.34. The smallest absolute Gasteiger partial charge is 0.122 e. The van der Waals surface area contributed by atoms with Crippen LogP contribution in [-0.2, 0) is 0 Å². The topological polar surface area (TPSA) is 44.7 Å². The van der Waals surface area contributed by atoms with Crippen molar-refractivity contribution >= 4 is 0 Å². The molecule has 0 aliphatic carbocycles. The van der Waals surface area contributed by atoms with E-state index in [1.54, 1.807) is 0 Å². The maximum absolute atomic E-state index is 9.94. The molecule has 20 heavy (non-hydrogen) atoms. The van der Waals surface area contributed by atoms with E-state index in [2.05, 4.69) is 30.1 Å². The Morgan fingerprint density at radius 3 is 2.60 bits per heavy atom. The molecule has 0 aliphatic heterocycles. The molecular formula is C16H28N2O2. The molecule has 0 radical (unpaired) electrons. The normalized spacial score (nSPS) is 14.3. The van der Waals surface area contributed by atoms with Crippen molar-refractivity contribution in [3.8, 4) is 5.75 Å². The highest BCUT2D eigenvalue weighted by Crippen LogP contribution is 2.18. The van der Waals surface area contributed by atoms with Gasteiger partial charge in [0, 0.05) is 19.1 Å². The van der Waals surface area contributed by atoms with Crippen LogP contribution >= 0.6 is 0 Å². The number of nitrogens with one attached hydrogen (secondary N) is 1. The fourth-order valence-electron chi connectivity index (χ4n) is 2.16. The average molecular weight is 280 g/mol. The minimum Gasteiger partial charge on any atom is -0.491 e. The molecule has 2 N–H and O–H groups in total. The van der Waals surface area contributed by atoms with E-state index in [1.165, 1.54) is 5.56 Å². The molecule has 4 heteroatoms. The Hall–Kier alpha value is -1.10. The number of hydrogen-bond acceptors (Lipinski definition) is 4. The summed E-state index contributed by atoms with van der Waals surface area (Å²) in [5.74, 6) is 0.844. The number of aryl methyl sites for hydroxylation is 2. The molecule has 0 saturated heterocycles. The predicted molar refractivity (Wildman–Crippen MR) is 83.4 cm³/mol. The maximum atomic E-state index is 9.94. The van der Waals surface area contributed by atoms with Gasteiger partial charge in [-0.1, -0.05) is 17.7 Å². The summed E-state index contributed by atoms with van der Waals surface area (Å²) in [7, 11) is 4.08. The summed E-state index contributed by atoms with van der Waals surface area (Å²) in [6, 6.07) is 6.41. The van der Waals surface area contributed by atoms with Crippen molar-refractivity contribution in [2.75, 3.05) is 33.8 Å². The van der Waals surface area contributed by atoms with Crippen molar-refractivity contribution < 1.29 is 9.84 Å². The van der Waals surface area contributed by atoms with Crippen LogP contribution in [0.2, 0.25) is 0 Å². The third-order valence-electron chi connectivity index (χ3n) is 3.10. The summed E-state index contributed by atoms with van der Waals surface area (Å²) in [6.07, 6.45) is -0.500. The highest BCUT2D eigenvalue weighted by atomic mass is 16.5. The number of likely N-dealkylation sites (N-methyl/N-ethyl adjacent to an activating group) is 1. The largest absolute Gasteiger partial charge is 0.491 e. The molecular weight excluding hydrogens is 252 g/mol. The van der Waals surface area contributed by atoms with E-state index in [-0.39, 0.29) is 0 Å². The first-order chi connectivity index (χ1) is 9.38. The standard InChI is InChI=1S/C16H28N2O2/c1-12-6-7-16(13(2)8-12)20-11-15(19)9-17-14(3)10-18(4)5/h6-8,14-15,17,19H,9-11H2,1-5H3. The Kier molecular flexibility index (Phi) is 6.99. The first-order valence-corrected chi connectivity index (χ1v) is 7.14. The first kappa shape index (κ1) is 17.0. The molecule has 1 rings (SSSR count). The van der Waals surface area contributed by atoms with Gasteiger partial charge in [0.05, 0.1) is 0 Å². The van der Waals surface area contributed by atoms with Gasteiger partial charge in [0.15, 0.2) is 0 Å². The lowest BCUT2D eigenvalue weighted by Gasteiger charge is -2.20. The van der Waals surface area contributed by atoms with Gasteiger partial charge in [0.1, 0.15) is 18.5 Å². The summed E-state index contributed by atoms with van der Waals surface area (Å²) in [5, 5.41) is 13.2.